The minimum absolute atomic E-state index is 0.117. The Bertz CT molecular complexity index is 970. The molecule has 0 fully saturated rings. The van der Waals surface area contributed by atoms with E-state index in [1.807, 2.05) is 25.1 Å². The van der Waals surface area contributed by atoms with E-state index in [0.717, 1.165) is 29.0 Å². The fourth-order valence-corrected chi connectivity index (χ4v) is 3.25. The number of fused-ring (bicyclic) bond motifs is 1. The van der Waals surface area contributed by atoms with E-state index in [9.17, 15) is 4.79 Å². The molecule has 1 atom stereocenters. The number of benzene rings is 1. The maximum absolute atomic E-state index is 12.2. The van der Waals surface area contributed by atoms with Crippen LogP contribution in [0.15, 0.2) is 33.3 Å². The Kier molecular flexibility index (Phi) is 4.43. The van der Waals surface area contributed by atoms with Gasteiger partial charge >= 0.3 is 0 Å². The summed E-state index contributed by atoms with van der Waals surface area (Å²) in [6.45, 7) is 5.97. The summed E-state index contributed by atoms with van der Waals surface area (Å²) in [4.78, 5) is 12.2. The first-order valence-electron chi connectivity index (χ1n) is 8.93. The van der Waals surface area contributed by atoms with Crippen LogP contribution in [-0.2, 0) is 24.2 Å². The van der Waals surface area contributed by atoms with Gasteiger partial charge in [0, 0.05) is 23.6 Å². The number of hydrogen-bond acceptors (Lipinski definition) is 6. The van der Waals surface area contributed by atoms with E-state index >= 15 is 0 Å². The van der Waals surface area contributed by atoms with Crippen LogP contribution in [0.25, 0.3) is 11.3 Å². The highest BCUT2D eigenvalue weighted by molar-refractivity contribution is 5.79. The van der Waals surface area contributed by atoms with E-state index in [1.165, 1.54) is 5.56 Å². The van der Waals surface area contributed by atoms with Crippen molar-refractivity contribution in [3.8, 4) is 17.1 Å². The predicted molar refractivity (Wildman–Crippen MR) is 97.3 cm³/mol. The molecule has 1 unspecified atom stereocenters. The van der Waals surface area contributed by atoms with Crippen molar-refractivity contribution < 1.29 is 18.6 Å². The second kappa shape index (κ2) is 6.90. The Morgan fingerprint density at radius 1 is 1.22 bits per heavy atom. The highest BCUT2D eigenvalue weighted by Crippen LogP contribution is 2.33. The van der Waals surface area contributed by atoms with Crippen molar-refractivity contribution in [1.29, 1.82) is 0 Å². The number of carbonyl (C=O) groups excluding carboxylic acids is 1. The van der Waals surface area contributed by atoms with Gasteiger partial charge in [0.2, 0.25) is 5.91 Å². The molecule has 27 heavy (non-hydrogen) atoms. The summed E-state index contributed by atoms with van der Waals surface area (Å²) in [6.07, 6.45) is 1.36. The molecule has 0 bridgehead atoms. The number of nitrogens with zero attached hydrogens (tertiary/aromatic N) is 2. The van der Waals surface area contributed by atoms with E-state index in [1.54, 1.807) is 6.92 Å². The molecule has 140 valence electrons. The molecule has 0 spiro atoms. The lowest BCUT2D eigenvalue weighted by Gasteiger charge is -2.03. The van der Waals surface area contributed by atoms with Crippen LogP contribution in [0.3, 0.4) is 0 Å². The Labute approximate surface area is 156 Å². The molecule has 7 heteroatoms. The fraction of sp³-hybridized carbons (Fsp3) is 0.350. The number of rotatable bonds is 5. The third-order valence-corrected chi connectivity index (χ3v) is 4.73. The summed E-state index contributed by atoms with van der Waals surface area (Å²) in [5, 5.41) is 10.8. The molecule has 7 nitrogen and oxygen atoms in total. The van der Waals surface area contributed by atoms with Crippen molar-refractivity contribution in [1.82, 2.24) is 15.6 Å². The van der Waals surface area contributed by atoms with Crippen molar-refractivity contribution in [3.63, 3.8) is 0 Å². The second-order valence-electron chi connectivity index (χ2n) is 6.89. The molecule has 0 aliphatic carbocycles. The molecule has 3 aromatic rings. The monoisotopic (exact) mass is 367 g/mol. The van der Waals surface area contributed by atoms with Crippen LogP contribution in [0, 0.1) is 13.8 Å². The number of nitrogens with one attached hydrogen (secondary N) is 1. The van der Waals surface area contributed by atoms with Gasteiger partial charge in [-0.1, -0.05) is 22.4 Å². The number of amides is 1. The van der Waals surface area contributed by atoms with Crippen LogP contribution in [0.1, 0.15) is 35.2 Å². The lowest BCUT2D eigenvalue weighted by Crippen LogP contribution is -2.25. The molecule has 1 aromatic carbocycles. The van der Waals surface area contributed by atoms with Crippen molar-refractivity contribution >= 4 is 5.91 Å². The number of ether oxygens (including phenoxy) is 1. The van der Waals surface area contributed by atoms with Gasteiger partial charge in [-0.25, -0.2) is 0 Å². The number of carbonyl (C=O) groups is 1. The molecule has 2 aromatic heterocycles. The molecule has 1 N–H and O–H groups in total. The lowest BCUT2D eigenvalue weighted by atomic mass is 10.1. The molecule has 4 rings (SSSR count). The average Bonchev–Trinajstić information content (AvgIpc) is 3.33. The fourth-order valence-electron chi connectivity index (χ4n) is 3.25. The SMILES string of the molecule is Cc1noc(C)c1CC(=O)NCc1cc(-c2ccc3c(c2)OC(C)C3)on1. The second-order valence-corrected chi connectivity index (χ2v) is 6.89. The summed E-state index contributed by atoms with van der Waals surface area (Å²) < 4.78 is 16.3. The van der Waals surface area contributed by atoms with Crippen molar-refractivity contribution in [2.24, 2.45) is 0 Å². The van der Waals surface area contributed by atoms with Crippen molar-refractivity contribution in [3.05, 3.63) is 52.5 Å². The zero-order chi connectivity index (χ0) is 19.0. The summed E-state index contributed by atoms with van der Waals surface area (Å²) >= 11 is 0. The van der Waals surface area contributed by atoms with Crippen LogP contribution in [-0.4, -0.2) is 22.3 Å². The van der Waals surface area contributed by atoms with E-state index < -0.39 is 0 Å². The first kappa shape index (κ1) is 17.3. The summed E-state index contributed by atoms with van der Waals surface area (Å²) in [5.41, 5.74) is 4.33. The molecule has 1 aliphatic heterocycles. The third kappa shape index (κ3) is 3.58. The smallest absolute Gasteiger partial charge is 0.224 e. The highest BCUT2D eigenvalue weighted by atomic mass is 16.5. The predicted octanol–water partition coefficient (Wildman–Crippen LogP) is 3.13. The molecule has 0 saturated heterocycles. The molecular weight excluding hydrogens is 346 g/mol. The van der Waals surface area contributed by atoms with E-state index in [2.05, 4.69) is 28.6 Å². The molecular formula is C20H21N3O4. The molecule has 0 saturated carbocycles. The number of aryl methyl sites for hydroxylation is 2. The zero-order valence-corrected chi connectivity index (χ0v) is 15.5. The Balaban J connectivity index is 1.39. The van der Waals surface area contributed by atoms with Gasteiger partial charge in [0.05, 0.1) is 18.7 Å². The Hall–Kier alpha value is -3.09. The van der Waals surface area contributed by atoms with Crippen LogP contribution in [0.4, 0.5) is 0 Å². The minimum Gasteiger partial charge on any atom is -0.490 e. The Morgan fingerprint density at radius 3 is 2.85 bits per heavy atom. The van der Waals surface area contributed by atoms with Gasteiger partial charge in [-0.05, 0) is 32.4 Å². The first-order valence-corrected chi connectivity index (χ1v) is 8.93. The highest BCUT2D eigenvalue weighted by Gasteiger charge is 2.20. The van der Waals surface area contributed by atoms with Gasteiger partial charge in [0.15, 0.2) is 5.76 Å². The molecule has 3 heterocycles. The van der Waals surface area contributed by atoms with Gasteiger partial charge in [0.25, 0.3) is 0 Å². The van der Waals surface area contributed by atoms with Crippen molar-refractivity contribution in [2.45, 2.75) is 46.3 Å². The largest absolute Gasteiger partial charge is 0.490 e. The maximum atomic E-state index is 12.2. The van der Waals surface area contributed by atoms with Crippen LogP contribution in [0.5, 0.6) is 5.75 Å². The summed E-state index contributed by atoms with van der Waals surface area (Å²) in [7, 11) is 0. The van der Waals surface area contributed by atoms with Crippen LogP contribution in [0.2, 0.25) is 0 Å². The normalized spacial score (nSPS) is 15.4. The van der Waals surface area contributed by atoms with Gasteiger partial charge in [-0.3, -0.25) is 4.79 Å². The van der Waals surface area contributed by atoms with Gasteiger partial charge in [-0.15, -0.1) is 0 Å². The van der Waals surface area contributed by atoms with Crippen LogP contribution < -0.4 is 10.1 Å². The zero-order valence-electron chi connectivity index (χ0n) is 15.5. The van der Waals surface area contributed by atoms with E-state index in [4.69, 9.17) is 13.8 Å². The summed E-state index contributed by atoms with van der Waals surface area (Å²) in [5.74, 6) is 2.09. The van der Waals surface area contributed by atoms with Gasteiger partial charge < -0.3 is 19.1 Å². The van der Waals surface area contributed by atoms with Crippen LogP contribution >= 0.6 is 0 Å². The van der Waals surface area contributed by atoms with E-state index in [-0.39, 0.29) is 18.4 Å². The standard InChI is InChI=1S/C20H21N3O4/c1-11-6-14-4-5-15(7-18(14)25-11)19-8-16(23-27-19)10-21-20(24)9-17-12(2)22-26-13(17)3/h4-5,7-8,11H,6,9-10H2,1-3H3,(H,21,24). The molecule has 1 amide bonds. The van der Waals surface area contributed by atoms with E-state index in [0.29, 0.717) is 23.8 Å². The van der Waals surface area contributed by atoms with Gasteiger partial charge in [-0.2, -0.15) is 0 Å². The third-order valence-electron chi connectivity index (χ3n) is 4.73. The minimum atomic E-state index is -0.117. The lowest BCUT2D eigenvalue weighted by molar-refractivity contribution is -0.120. The number of aromatic nitrogens is 2. The van der Waals surface area contributed by atoms with Crippen molar-refractivity contribution in [2.75, 3.05) is 0 Å². The van der Waals surface area contributed by atoms with Gasteiger partial charge in [0.1, 0.15) is 23.3 Å². The quantitative estimate of drug-likeness (QED) is 0.745. The number of hydrogen-bond donors (Lipinski definition) is 1. The Morgan fingerprint density at radius 2 is 2.07 bits per heavy atom. The molecule has 0 radical (unpaired) electrons. The topological polar surface area (TPSA) is 90.4 Å². The first-order chi connectivity index (χ1) is 13.0. The average molecular weight is 367 g/mol. The maximum Gasteiger partial charge on any atom is 0.224 e. The summed E-state index contributed by atoms with van der Waals surface area (Å²) in [6, 6.07) is 7.86. The molecule has 1 aliphatic rings.